The fourth-order valence-electron chi connectivity index (χ4n) is 7.13. The fourth-order valence-corrected chi connectivity index (χ4v) is 7.13. The normalized spacial score (nSPS) is 20.0. The molecule has 0 bridgehead atoms. The minimum Gasteiger partial charge on any atom is -0.497 e. The van der Waals surface area contributed by atoms with Gasteiger partial charge in [0.1, 0.15) is 18.0 Å². The number of methoxy groups -OCH3 is 1. The van der Waals surface area contributed by atoms with E-state index >= 15 is 0 Å². The molecule has 1 aliphatic heterocycles. The van der Waals surface area contributed by atoms with Crippen molar-refractivity contribution in [1.29, 1.82) is 0 Å². The highest BCUT2D eigenvalue weighted by Gasteiger charge is 2.62. The smallest absolute Gasteiger partial charge is 0.338 e. The minimum absolute atomic E-state index is 0.0364. The summed E-state index contributed by atoms with van der Waals surface area (Å²) < 4.78 is 36.7. The van der Waals surface area contributed by atoms with Crippen molar-refractivity contribution < 1.29 is 52.7 Å². The van der Waals surface area contributed by atoms with Crippen LogP contribution in [-0.2, 0) is 35.9 Å². The third-order valence-corrected chi connectivity index (χ3v) is 10.2. The third kappa shape index (κ3) is 9.62. The van der Waals surface area contributed by atoms with Crippen molar-refractivity contribution >= 4 is 29.6 Å². The quantitative estimate of drug-likeness (QED) is 0.0677. The fraction of sp³-hybridized carbons (Fsp3) is 0.184. The molecule has 0 aliphatic carbocycles. The van der Waals surface area contributed by atoms with Gasteiger partial charge in [-0.2, -0.15) is 0 Å². The highest BCUT2D eigenvalue weighted by atomic mass is 16.7. The largest absolute Gasteiger partial charge is 0.497 e. The molecule has 6 aromatic rings. The second-order valence-electron chi connectivity index (χ2n) is 14.4. The number of aliphatic hydroxyl groups is 1. The molecular weight excluding hydrogens is 779 g/mol. The molecule has 3 N–H and O–H groups in total. The second kappa shape index (κ2) is 18.8. The van der Waals surface area contributed by atoms with Gasteiger partial charge in [-0.3, -0.25) is 0 Å². The molecule has 0 spiro atoms. The molecule has 12 nitrogen and oxygen atoms in total. The number of nitrogens with two attached hydrogens (primary N) is 1. The molecule has 1 saturated heterocycles. The van der Waals surface area contributed by atoms with Crippen LogP contribution in [-0.4, -0.2) is 66.6 Å². The Balaban J connectivity index is 1.42. The van der Waals surface area contributed by atoms with Crippen LogP contribution < -0.4 is 10.5 Å². The van der Waals surface area contributed by atoms with Crippen LogP contribution in [0.1, 0.15) is 65.0 Å². The maximum Gasteiger partial charge on any atom is 0.338 e. The predicted octanol–water partition coefficient (Wildman–Crippen LogP) is 7.33. The van der Waals surface area contributed by atoms with Gasteiger partial charge in [-0.05, 0) is 97.3 Å². The highest BCUT2D eigenvalue weighted by molar-refractivity contribution is 5.92. The van der Waals surface area contributed by atoms with Crippen molar-refractivity contribution in [2.75, 3.05) is 12.8 Å². The molecular formula is C49H43NO11. The first-order chi connectivity index (χ1) is 29.5. The maximum atomic E-state index is 14.2. The zero-order chi connectivity index (χ0) is 42.9. The van der Waals surface area contributed by atoms with E-state index in [9.17, 15) is 24.3 Å². The van der Waals surface area contributed by atoms with Crippen molar-refractivity contribution in [3.8, 4) is 5.75 Å². The zero-order valence-electron chi connectivity index (χ0n) is 33.3. The van der Waals surface area contributed by atoms with E-state index in [-0.39, 0.29) is 39.9 Å². The van der Waals surface area contributed by atoms with E-state index in [2.05, 4.69) is 0 Å². The Bertz CT molecular complexity index is 2450. The number of hydrogen-bond donors (Lipinski definition) is 2. The molecule has 1 fully saturated rings. The summed E-state index contributed by atoms with van der Waals surface area (Å²) >= 11 is 0. The van der Waals surface area contributed by atoms with Crippen molar-refractivity contribution in [2.45, 2.75) is 49.7 Å². The standard InChI is InChI=1S/C49H43NO11/c1-31(57-45(51)33-15-7-3-8-16-33)41-42(58-46(52)34-17-9-4-10-18-34)43(59-47(53)35-19-11-5-12-20-35)44(60-48(54)36-21-13-6-14-22-36)49(55,61-41)40-30-38(50)26-25-37(40)29-32-23-27-39(56-2)28-24-32/h3-28,30-31,41-44,55H,29,50H2,1-2H3/t31-,41+,42+,43-,44+,49?/m0/s1. The average Bonchev–Trinajstić information content (AvgIpc) is 3.30. The third-order valence-electron chi connectivity index (χ3n) is 10.2. The summed E-state index contributed by atoms with van der Waals surface area (Å²) in [6.07, 6.45) is -8.15. The SMILES string of the molecule is COc1ccc(Cc2ccc(N)cc2C2(O)O[C@H]([C@H](C)OC(=O)c3ccccc3)[C@@H](OC(=O)c3ccccc3)[C@H](OC(=O)c3ccccc3)[C@H]2OC(=O)c2ccccc2)cc1. The summed E-state index contributed by atoms with van der Waals surface area (Å²) in [5.74, 6) is -5.56. The van der Waals surface area contributed by atoms with Crippen LogP contribution in [0.2, 0.25) is 0 Å². The van der Waals surface area contributed by atoms with Gasteiger partial charge in [-0.15, -0.1) is 0 Å². The molecule has 310 valence electrons. The lowest BCUT2D eigenvalue weighted by molar-refractivity contribution is -0.360. The van der Waals surface area contributed by atoms with Gasteiger partial charge >= 0.3 is 23.9 Å². The Labute approximate surface area is 352 Å². The molecule has 6 aromatic carbocycles. The molecule has 7 rings (SSSR count). The number of anilines is 1. The van der Waals surface area contributed by atoms with Crippen LogP contribution in [0.3, 0.4) is 0 Å². The van der Waals surface area contributed by atoms with Gasteiger partial charge in [-0.25, -0.2) is 19.2 Å². The second-order valence-corrected chi connectivity index (χ2v) is 14.4. The Morgan fingerprint density at radius 1 is 0.623 bits per heavy atom. The van der Waals surface area contributed by atoms with Gasteiger partial charge in [0.05, 0.1) is 29.4 Å². The summed E-state index contributed by atoms with van der Waals surface area (Å²) in [5.41, 5.74) is 8.46. The average molecular weight is 822 g/mol. The van der Waals surface area contributed by atoms with Gasteiger partial charge in [0.25, 0.3) is 0 Å². The molecule has 0 amide bonds. The van der Waals surface area contributed by atoms with E-state index in [1.807, 2.05) is 12.1 Å². The van der Waals surface area contributed by atoms with E-state index < -0.39 is 60.2 Å². The van der Waals surface area contributed by atoms with E-state index in [1.165, 1.54) is 49.4 Å². The van der Waals surface area contributed by atoms with Gasteiger partial charge < -0.3 is 39.3 Å². The molecule has 0 saturated carbocycles. The first-order valence-corrected chi connectivity index (χ1v) is 19.5. The summed E-state index contributed by atoms with van der Waals surface area (Å²) in [5, 5.41) is 13.4. The number of hydrogen-bond acceptors (Lipinski definition) is 12. The van der Waals surface area contributed by atoms with Crippen molar-refractivity contribution in [1.82, 2.24) is 0 Å². The van der Waals surface area contributed by atoms with Gasteiger partial charge in [-0.1, -0.05) is 91.0 Å². The van der Waals surface area contributed by atoms with Crippen molar-refractivity contribution in [3.05, 3.63) is 203 Å². The minimum atomic E-state index is -2.73. The van der Waals surface area contributed by atoms with Crippen molar-refractivity contribution in [3.63, 3.8) is 0 Å². The van der Waals surface area contributed by atoms with Crippen LogP contribution in [0, 0.1) is 0 Å². The van der Waals surface area contributed by atoms with Crippen LogP contribution in [0.5, 0.6) is 5.75 Å². The number of ether oxygens (including phenoxy) is 6. The number of rotatable bonds is 13. The molecule has 12 heteroatoms. The first-order valence-electron chi connectivity index (χ1n) is 19.5. The monoisotopic (exact) mass is 821 g/mol. The first kappa shape index (κ1) is 41.9. The lowest BCUT2D eigenvalue weighted by Gasteiger charge is -2.50. The topological polar surface area (TPSA) is 170 Å². The molecule has 6 atom stereocenters. The van der Waals surface area contributed by atoms with Crippen LogP contribution in [0.25, 0.3) is 0 Å². The van der Waals surface area contributed by atoms with Gasteiger partial charge in [0.2, 0.25) is 11.9 Å². The summed E-state index contributed by atoms with van der Waals surface area (Å²) in [6.45, 7) is 1.49. The number of benzene rings is 6. The molecule has 1 unspecified atom stereocenters. The van der Waals surface area contributed by atoms with Crippen LogP contribution in [0.4, 0.5) is 5.69 Å². The molecule has 1 aliphatic rings. The zero-order valence-corrected chi connectivity index (χ0v) is 33.3. The lowest BCUT2D eigenvalue weighted by atomic mass is 9.83. The van der Waals surface area contributed by atoms with E-state index in [0.717, 1.165) is 5.56 Å². The van der Waals surface area contributed by atoms with Gasteiger partial charge in [0, 0.05) is 11.3 Å². The van der Waals surface area contributed by atoms with Crippen LogP contribution in [0.15, 0.2) is 164 Å². The number of carbonyl (C=O) groups is 4. The van der Waals surface area contributed by atoms with Crippen LogP contribution >= 0.6 is 0 Å². The Morgan fingerprint density at radius 2 is 1.08 bits per heavy atom. The Kier molecular flexibility index (Phi) is 12.9. The van der Waals surface area contributed by atoms with E-state index in [4.69, 9.17) is 34.2 Å². The lowest BCUT2D eigenvalue weighted by Crippen LogP contribution is -2.68. The summed E-state index contributed by atoms with van der Waals surface area (Å²) in [7, 11) is 1.56. The Morgan fingerprint density at radius 3 is 1.57 bits per heavy atom. The molecule has 1 heterocycles. The number of carbonyl (C=O) groups excluding carboxylic acids is 4. The molecule has 0 aromatic heterocycles. The summed E-state index contributed by atoms with van der Waals surface area (Å²) in [6, 6.07) is 44.2. The van der Waals surface area contributed by atoms with Gasteiger partial charge in [0.15, 0.2) is 12.2 Å². The number of nitrogen functional groups attached to an aromatic ring is 1. The van der Waals surface area contributed by atoms with E-state index in [0.29, 0.717) is 11.3 Å². The van der Waals surface area contributed by atoms with E-state index in [1.54, 1.807) is 116 Å². The Hall–Kier alpha value is -7.28. The molecule has 61 heavy (non-hydrogen) atoms. The predicted molar refractivity (Wildman–Crippen MR) is 224 cm³/mol. The maximum absolute atomic E-state index is 14.2. The molecule has 0 radical (unpaired) electrons. The van der Waals surface area contributed by atoms with Crippen molar-refractivity contribution in [2.24, 2.45) is 0 Å². The summed E-state index contributed by atoms with van der Waals surface area (Å²) in [4.78, 5) is 56.0. The highest BCUT2D eigenvalue weighted by Crippen LogP contribution is 2.45. The number of esters is 4.